The lowest BCUT2D eigenvalue weighted by atomic mass is 10.7. The van der Waals surface area contributed by atoms with E-state index in [9.17, 15) is 4.79 Å². The van der Waals surface area contributed by atoms with Crippen molar-refractivity contribution in [2.24, 2.45) is 0 Å². The van der Waals surface area contributed by atoms with Gasteiger partial charge in [0.2, 0.25) is 0 Å². The number of carbonyl (C=O) groups is 1. The Hall–Kier alpha value is -0.990. The molecule has 0 aliphatic rings. The molecule has 0 saturated carbocycles. The van der Waals surface area contributed by atoms with E-state index in [1.807, 2.05) is 0 Å². The summed E-state index contributed by atoms with van der Waals surface area (Å²) in [6.45, 7) is 6.78. The molecule has 0 aliphatic carbocycles. The Bertz CT molecular complexity index is 185. The van der Waals surface area contributed by atoms with Gasteiger partial charge in [0.05, 0.1) is 52.9 Å². The lowest BCUT2D eigenvalue weighted by molar-refractivity contribution is -0.131. The third kappa shape index (κ3) is 26.6. The highest BCUT2D eigenvalue weighted by molar-refractivity contribution is 5.78. The van der Waals surface area contributed by atoms with Crippen LogP contribution >= 0.6 is 0 Å². The summed E-state index contributed by atoms with van der Waals surface area (Å²) < 4.78 is 20.2. The Morgan fingerprint density at radius 3 is 1.68 bits per heavy atom. The monoisotopic (exact) mass is 280 g/mol. The molecular weight excluding hydrogens is 256 g/mol. The number of hydrogen-bond donors (Lipinski definition) is 2. The van der Waals surface area contributed by atoms with Gasteiger partial charge in [-0.15, -0.1) is 0 Å². The summed E-state index contributed by atoms with van der Waals surface area (Å²) in [6.07, 6.45) is 0.833. The summed E-state index contributed by atoms with van der Waals surface area (Å²) >= 11 is 0. The molecule has 0 heterocycles. The van der Waals surface area contributed by atoms with E-state index >= 15 is 0 Å². The second-order valence-corrected chi connectivity index (χ2v) is 3.10. The smallest absolute Gasteiger partial charge is 0.327 e. The molecule has 7 heteroatoms. The molecule has 0 aliphatic heterocycles. The predicted molar refractivity (Wildman–Crippen MR) is 69.3 cm³/mol. The minimum atomic E-state index is -0.981. The Morgan fingerprint density at radius 2 is 1.37 bits per heavy atom. The van der Waals surface area contributed by atoms with Crippen molar-refractivity contribution < 1.29 is 34.0 Å². The van der Waals surface area contributed by atoms with Crippen molar-refractivity contribution in [1.82, 2.24) is 0 Å². The molecule has 0 radical (unpaired) electrons. The van der Waals surface area contributed by atoms with Gasteiger partial charge >= 0.3 is 5.97 Å². The van der Waals surface area contributed by atoms with E-state index in [2.05, 4.69) is 6.58 Å². The highest BCUT2D eigenvalue weighted by atomic mass is 16.6. The van der Waals surface area contributed by atoms with Crippen molar-refractivity contribution >= 4 is 5.97 Å². The van der Waals surface area contributed by atoms with Crippen LogP contribution in [0.4, 0.5) is 0 Å². The minimum Gasteiger partial charge on any atom is -0.478 e. The summed E-state index contributed by atoms with van der Waals surface area (Å²) in [5.41, 5.74) is 0. The zero-order chi connectivity index (χ0) is 14.8. The molecule has 0 aromatic carbocycles. The molecule has 114 valence electrons. The molecule has 7 nitrogen and oxygen atoms in total. The fourth-order valence-corrected chi connectivity index (χ4v) is 0.749. The second-order valence-electron chi connectivity index (χ2n) is 3.10. The molecule has 0 spiro atoms. The van der Waals surface area contributed by atoms with Gasteiger partial charge in [0, 0.05) is 13.2 Å². The minimum absolute atomic E-state index is 0.0557. The number of carboxylic acids is 1. The van der Waals surface area contributed by atoms with Gasteiger partial charge < -0.3 is 29.2 Å². The number of methoxy groups -OCH3 is 1. The van der Waals surface area contributed by atoms with Crippen LogP contribution in [0.15, 0.2) is 12.7 Å². The third-order valence-corrected chi connectivity index (χ3v) is 1.59. The first-order valence-electron chi connectivity index (χ1n) is 5.87. The molecule has 0 aromatic heterocycles. The van der Waals surface area contributed by atoms with Crippen LogP contribution < -0.4 is 0 Å². The number of ether oxygens (including phenoxy) is 4. The Labute approximate surface area is 113 Å². The van der Waals surface area contributed by atoms with Crippen LogP contribution in [0.5, 0.6) is 0 Å². The molecule has 0 aromatic rings. The van der Waals surface area contributed by atoms with Gasteiger partial charge in [0.1, 0.15) is 0 Å². The number of aliphatic hydroxyl groups excluding tert-OH is 1. The highest BCUT2D eigenvalue weighted by Crippen LogP contribution is 1.81. The van der Waals surface area contributed by atoms with Crippen LogP contribution in [-0.4, -0.2) is 76.1 Å². The lowest BCUT2D eigenvalue weighted by Gasteiger charge is -2.05. The molecule has 0 bridgehead atoms. The fourth-order valence-electron chi connectivity index (χ4n) is 0.749. The molecule has 0 atom stereocenters. The third-order valence-electron chi connectivity index (χ3n) is 1.59. The lowest BCUT2D eigenvalue weighted by Crippen LogP contribution is -2.12. The Balaban J connectivity index is 0. The number of hydrogen-bond acceptors (Lipinski definition) is 6. The summed E-state index contributed by atoms with van der Waals surface area (Å²) in [6, 6.07) is 0. The molecule has 0 rings (SSSR count). The van der Waals surface area contributed by atoms with Crippen molar-refractivity contribution in [3.8, 4) is 0 Å². The number of carboxylic acid groups (broad SMARTS) is 1. The van der Waals surface area contributed by atoms with E-state index in [1.54, 1.807) is 7.11 Å². The quantitative estimate of drug-likeness (QED) is 0.382. The van der Waals surface area contributed by atoms with Gasteiger partial charge in [-0.05, 0) is 0 Å². The highest BCUT2D eigenvalue weighted by Gasteiger charge is 1.90. The van der Waals surface area contributed by atoms with Gasteiger partial charge in [-0.1, -0.05) is 6.58 Å². The number of aliphatic hydroxyl groups is 1. The summed E-state index contributed by atoms with van der Waals surface area (Å²) in [5.74, 6) is -0.981. The summed E-state index contributed by atoms with van der Waals surface area (Å²) in [7, 11) is 1.64. The maximum absolute atomic E-state index is 9.25. The normalized spacial score (nSPS) is 9.58. The Morgan fingerprint density at radius 1 is 1.00 bits per heavy atom. The van der Waals surface area contributed by atoms with E-state index in [0.29, 0.717) is 46.2 Å². The van der Waals surface area contributed by atoms with Gasteiger partial charge in [-0.3, -0.25) is 0 Å². The maximum atomic E-state index is 9.25. The maximum Gasteiger partial charge on any atom is 0.327 e. The summed E-state index contributed by atoms with van der Waals surface area (Å²) in [4.78, 5) is 9.25. The molecule has 0 fully saturated rings. The molecule has 2 N–H and O–H groups in total. The van der Waals surface area contributed by atoms with Crippen LogP contribution in [0.1, 0.15) is 0 Å². The van der Waals surface area contributed by atoms with E-state index in [1.165, 1.54) is 0 Å². The molecule has 19 heavy (non-hydrogen) atoms. The second kappa shape index (κ2) is 19.4. The topological polar surface area (TPSA) is 94.5 Å². The molecule has 0 unspecified atom stereocenters. The van der Waals surface area contributed by atoms with Crippen LogP contribution in [0.2, 0.25) is 0 Å². The van der Waals surface area contributed by atoms with Crippen LogP contribution in [0, 0.1) is 0 Å². The summed E-state index contributed by atoms with van der Waals surface area (Å²) in [5, 5.41) is 16.0. The number of aliphatic carboxylic acids is 1. The van der Waals surface area contributed by atoms with Crippen LogP contribution in [-0.2, 0) is 23.7 Å². The van der Waals surface area contributed by atoms with Crippen molar-refractivity contribution in [1.29, 1.82) is 0 Å². The van der Waals surface area contributed by atoms with Crippen molar-refractivity contribution in [2.75, 3.05) is 60.0 Å². The van der Waals surface area contributed by atoms with Crippen molar-refractivity contribution in [3.63, 3.8) is 0 Å². The van der Waals surface area contributed by atoms with Gasteiger partial charge in [0.25, 0.3) is 0 Å². The zero-order valence-electron chi connectivity index (χ0n) is 11.4. The van der Waals surface area contributed by atoms with E-state index in [4.69, 9.17) is 29.2 Å². The van der Waals surface area contributed by atoms with Crippen LogP contribution in [0.25, 0.3) is 0 Å². The van der Waals surface area contributed by atoms with Crippen molar-refractivity contribution in [2.45, 2.75) is 0 Å². The molecular formula is C12H24O7. The first-order valence-corrected chi connectivity index (χ1v) is 5.87. The predicted octanol–water partition coefficient (Wildman–Crippen LogP) is -0.0681. The first kappa shape index (κ1) is 20.3. The average Bonchev–Trinajstić information content (AvgIpc) is 2.41. The van der Waals surface area contributed by atoms with E-state index < -0.39 is 5.97 Å². The standard InChI is InChI=1S/C9H20O5.C3H4O2/c1-11-4-5-13-8-9-14-7-6-12-3-2-10;1-2-3(4)5/h10H,2-9H2,1H3;2H,1H2,(H,4,5). The van der Waals surface area contributed by atoms with Crippen LogP contribution in [0.3, 0.4) is 0 Å². The SMILES string of the molecule is C=CC(=O)O.COCCOCCOCCOCCO. The average molecular weight is 280 g/mol. The Kier molecular flexibility index (Phi) is 20.7. The van der Waals surface area contributed by atoms with Gasteiger partial charge in [-0.2, -0.15) is 0 Å². The van der Waals surface area contributed by atoms with Gasteiger partial charge in [-0.25, -0.2) is 4.79 Å². The van der Waals surface area contributed by atoms with Crippen molar-refractivity contribution in [3.05, 3.63) is 12.7 Å². The molecule has 0 saturated heterocycles. The van der Waals surface area contributed by atoms with E-state index in [-0.39, 0.29) is 6.61 Å². The zero-order valence-corrected chi connectivity index (χ0v) is 11.4. The van der Waals surface area contributed by atoms with E-state index in [0.717, 1.165) is 6.08 Å². The first-order chi connectivity index (χ1) is 9.18. The number of rotatable bonds is 12. The largest absolute Gasteiger partial charge is 0.478 e. The molecule has 0 amide bonds. The van der Waals surface area contributed by atoms with Gasteiger partial charge in [0.15, 0.2) is 0 Å². The fraction of sp³-hybridized carbons (Fsp3) is 0.750.